The molecule has 1 aromatic rings. The number of carbonyl (C=O) groups is 1. The van der Waals surface area contributed by atoms with Crippen molar-refractivity contribution in [2.24, 2.45) is 0 Å². The summed E-state index contributed by atoms with van der Waals surface area (Å²) < 4.78 is 5.98. The standard InChI is InChI=1S/C16H24N4O2/c1-15(2)7-12(16(3,4)22-15)20-14(21)19-11-8-17-13(18-9-11)10-5-6-10/h8-10,12H,5-7H2,1-4H3,(H2,19,20,21)/t12-/m1/s1. The molecule has 2 amide bonds. The number of nitrogens with one attached hydrogen (secondary N) is 2. The van der Waals surface area contributed by atoms with Gasteiger partial charge in [-0.1, -0.05) is 0 Å². The predicted octanol–water partition coefficient (Wildman–Crippen LogP) is 2.82. The third kappa shape index (κ3) is 3.38. The predicted molar refractivity (Wildman–Crippen MR) is 83.8 cm³/mol. The molecule has 22 heavy (non-hydrogen) atoms. The molecule has 1 aliphatic carbocycles. The maximum Gasteiger partial charge on any atom is 0.319 e. The largest absolute Gasteiger partial charge is 0.367 e. The van der Waals surface area contributed by atoms with E-state index in [1.54, 1.807) is 12.4 Å². The molecule has 1 aromatic heterocycles. The average Bonchev–Trinajstić information content (AvgIpc) is 3.18. The van der Waals surface area contributed by atoms with Crippen LogP contribution >= 0.6 is 0 Å². The van der Waals surface area contributed by atoms with Gasteiger partial charge in [0.1, 0.15) is 5.82 Å². The van der Waals surface area contributed by atoms with Crippen molar-refractivity contribution in [2.45, 2.75) is 70.1 Å². The lowest BCUT2D eigenvalue weighted by molar-refractivity contribution is -0.0689. The van der Waals surface area contributed by atoms with Crippen molar-refractivity contribution in [2.75, 3.05) is 5.32 Å². The van der Waals surface area contributed by atoms with Crippen LogP contribution in [-0.2, 0) is 4.74 Å². The first-order valence-corrected chi connectivity index (χ1v) is 7.85. The highest BCUT2D eigenvalue weighted by Gasteiger charge is 2.46. The Morgan fingerprint density at radius 1 is 1.23 bits per heavy atom. The van der Waals surface area contributed by atoms with E-state index < -0.39 is 0 Å². The van der Waals surface area contributed by atoms with E-state index in [1.807, 2.05) is 27.7 Å². The monoisotopic (exact) mass is 304 g/mol. The number of anilines is 1. The Balaban J connectivity index is 1.58. The molecule has 2 N–H and O–H groups in total. The van der Waals surface area contributed by atoms with Crippen LogP contribution in [0.4, 0.5) is 10.5 Å². The molecule has 1 aliphatic heterocycles. The summed E-state index contributed by atoms with van der Waals surface area (Å²) in [5, 5.41) is 5.78. The lowest BCUT2D eigenvalue weighted by Crippen LogP contribution is -2.47. The Bertz CT molecular complexity index is 564. The smallest absolute Gasteiger partial charge is 0.319 e. The molecule has 3 rings (SSSR count). The number of hydrogen-bond acceptors (Lipinski definition) is 4. The Hall–Kier alpha value is -1.69. The van der Waals surface area contributed by atoms with Gasteiger partial charge in [0.2, 0.25) is 0 Å². The first-order chi connectivity index (χ1) is 10.3. The van der Waals surface area contributed by atoms with Crippen LogP contribution in [0.5, 0.6) is 0 Å². The zero-order valence-corrected chi connectivity index (χ0v) is 13.6. The minimum absolute atomic E-state index is 0.0332. The molecule has 0 radical (unpaired) electrons. The molecule has 2 heterocycles. The van der Waals surface area contributed by atoms with E-state index in [9.17, 15) is 4.79 Å². The molecule has 1 saturated heterocycles. The fourth-order valence-electron chi connectivity index (χ4n) is 3.07. The number of carbonyl (C=O) groups excluding carboxylic acids is 1. The van der Waals surface area contributed by atoms with Gasteiger partial charge in [0.15, 0.2) is 0 Å². The highest BCUT2D eigenvalue weighted by Crippen LogP contribution is 2.38. The number of rotatable bonds is 3. The quantitative estimate of drug-likeness (QED) is 0.900. The molecule has 2 fully saturated rings. The van der Waals surface area contributed by atoms with Gasteiger partial charge < -0.3 is 15.4 Å². The zero-order valence-electron chi connectivity index (χ0n) is 13.6. The van der Waals surface area contributed by atoms with Crippen LogP contribution < -0.4 is 10.6 Å². The fourth-order valence-corrected chi connectivity index (χ4v) is 3.07. The second kappa shape index (κ2) is 5.19. The first kappa shape index (κ1) is 15.2. The van der Waals surface area contributed by atoms with Gasteiger partial charge in [-0.15, -0.1) is 0 Å². The van der Waals surface area contributed by atoms with Gasteiger partial charge in [0.05, 0.1) is 35.3 Å². The third-order valence-electron chi connectivity index (χ3n) is 4.25. The second-order valence-electron chi connectivity index (χ2n) is 7.42. The first-order valence-electron chi connectivity index (χ1n) is 7.85. The van der Waals surface area contributed by atoms with E-state index in [2.05, 4.69) is 20.6 Å². The normalized spacial score (nSPS) is 25.7. The lowest BCUT2D eigenvalue weighted by atomic mass is 9.95. The molecular formula is C16H24N4O2. The SMILES string of the molecule is CC1(C)C[C@@H](NC(=O)Nc2cnc(C3CC3)nc2)C(C)(C)O1. The topological polar surface area (TPSA) is 76.1 Å². The van der Waals surface area contributed by atoms with Crippen molar-refractivity contribution in [3.8, 4) is 0 Å². The van der Waals surface area contributed by atoms with Crippen LogP contribution in [0.2, 0.25) is 0 Å². The summed E-state index contributed by atoms with van der Waals surface area (Å²) in [6, 6.07) is -0.281. The van der Waals surface area contributed by atoms with E-state index in [1.165, 1.54) is 12.8 Å². The number of ether oxygens (including phenoxy) is 1. The summed E-state index contributed by atoms with van der Waals surface area (Å²) in [7, 11) is 0. The van der Waals surface area contributed by atoms with Crippen molar-refractivity contribution in [1.82, 2.24) is 15.3 Å². The Morgan fingerprint density at radius 2 is 1.86 bits per heavy atom. The highest BCUT2D eigenvalue weighted by molar-refractivity contribution is 5.89. The molecule has 120 valence electrons. The maximum atomic E-state index is 12.2. The number of hydrogen-bond donors (Lipinski definition) is 2. The molecule has 0 bridgehead atoms. The zero-order chi connectivity index (χ0) is 16.0. The van der Waals surface area contributed by atoms with E-state index in [0.717, 1.165) is 12.2 Å². The molecule has 1 atom stereocenters. The van der Waals surface area contributed by atoms with Gasteiger partial charge in [0, 0.05) is 5.92 Å². The molecule has 0 aromatic carbocycles. The molecule has 0 spiro atoms. The number of aromatic nitrogens is 2. The average molecular weight is 304 g/mol. The molecule has 1 saturated carbocycles. The third-order valence-corrected chi connectivity index (χ3v) is 4.25. The number of amides is 2. The summed E-state index contributed by atoms with van der Waals surface area (Å²) in [6.45, 7) is 8.08. The fraction of sp³-hybridized carbons (Fsp3) is 0.688. The van der Waals surface area contributed by atoms with Gasteiger partial charge in [-0.2, -0.15) is 0 Å². The van der Waals surface area contributed by atoms with Crippen molar-refractivity contribution < 1.29 is 9.53 Å². The van der Waals surface area contributed by atoms with Crippen LogP contribution in [0.3, 0.4) is 0 Å². The highest BCUT2D eigenvalue weighted by atomic mass is 16.5. The van der Waals surface area contributed by atoms with Gasteiger partial charge >= 0.3 is 6.03 Å². The van der Waals surface area contributed by atoms with Gasteiger partial charge in [0.25, 0.3) is 0 Å². The lowest BCUT2D eigenvalue weighted by Gasteiger charge is -2.27. The van der Waals surface area contributed by atoms with Gasteiger partial charge in [-0.3, -0.25) is 0 Å². The summed E-state index contributed by atoms with van der Waals surface area (Å²) in [6.07, 6.45) is 6.45. The van der Waals surface area contributed by atoms with E-state index in [4.69, 9.17) is 4.74 Å². The van der Waals surface area contributed by atoms with Crippen LogP contribution in [-0.4, -0.2) is 33.2 Å². The minimum Gasteiger partial charge on any atom is -0.367 e. The van der Waals surface area contributed by atoms with Crippen LogP contribution in [0, 0.1) is 0 Å². The van der Waals surface area contributed by atoms with Crippen LogP contribution in [0.1, 0.15) is 58.7 Å². The Kier molecular flexibility index (Phi) is 3.59. The van der Waals surface area contributed by atoms with Crippen molar-refractivity contribution in [1.29, 1.82) is 0 Å². The summed E-state index contributed by atoms with van der Waals surface area (Å²) in [4.78, 5) is 20.8. The number of nitrogens with zero attached hydrogens (tertiary/aromatic N) is 2. The maximum absolute atomic E-state index is 12.2. The number of urea groups is 1. The molecule has 6 heteroatoms. The molecule has 0 unspecified atom stereocenters. The Labute approximate surface area is 131 Å². The summed E-state index contributed by atoms with van der Waals surface area (Å²) in [5.74, 6) is 1.39. The van der Waals surface area contributed by atoms with Crippen molar-refractivity contribution >= 4 is 11.7 Å². The molecule has 2 aliphatic rings. The second-order valence-corrected chi connectivity index (χ2v) is 7.42. The van der Waals surface area contributed by atoms with Gasteiger partial charge in [-0.25, -0.2) is 14.8 Å². The van der Waals surface area contributed by atoms with E-state index in [-0.39, 0.29) is 23.3 Å². The van der Waals surface area contributed by atoms with E-state index >= 15 is 0 Å². The summed E-state index contributed by atoms with van der Waals surface area (Å²) in [5.41, 5.74) is 0.00165. The minimum atomic E-state index is -0.382. The summed E-state index contributed by atoms with van der Waals surface area (Å²) >= 11 is 0. The Morgan fingerprint density at radius 3 is 2.36 bits per heavy atom. The van der Waals surface area contributed by atoms with E-state index in [0.29, 0.717) is 11.6 Å². The van der Waals surface area contributed by atoms with Crippen molar-refractivity contribution in [3.05, 3.63) is 18.2 Å². The molecular weight excluding hydrogens is 280 g/mol. The van der Waals surface area contributed by atoms with Crippen LogP contribution in [0.25, 0.3) is 0 Å². The van der Waals surface area contributed by atoms with Crippen molar-refractivity contribution in [3.63, 3.8) is 0 Å². The van der Waals surface area contributed by atoms with Crippen LogP contribution in [0.15, 0.2) is 12.4 Å². The van der Waals surface area contributed by atoms with Gasteiger partial charge in [-0.05, 0) is 47.0 Å². The molecule has 6 nitrogen and oxygen atoms in total.